The molecule has 0 radical (unpaired) electrons. The van der Waals surface area contributed by atoms with Crippen molar-refractivity contribution in [3.05, 3.63) is 30.2 Å². The number of pyridine rings is 1. The lowest BCUT2D eigenvalue weighted by Gasteiger charge is -2.22. The fourth-order valence-corrected chi connectivity index (χ4v) is 1.83. The zero-order chi connectivity index (χ0) is 12.5. The number of anilines is 1. The summed E-state index contributed by atoms with van der Waals surface area (Å²) in [5, 5.41) is 7.19. The second kappa shape index (κ2) is 4.20. The lowest BCUT2D eigenvalue weighted by molar-refractivity contribution is 0.490. The molecule has 0 aliphatic rings. The van der Waals surface area contributed by atoms with Crippen molar-refractivity contribution in [2.75, 3.05) is 5.73 Å². The van der Waals surface area contributed by atoms with Crippen molar-refractivity contribution in [3.8, 4) is 11.1 Å². The third kappa shape index (κ3) is 2.02. The molecule has 0 spiro atoms. The fraction of sp³-hybridized carbons (Fsp3) is 0.385. The Morgan fingerprint density at radius 2 is 2.18 bits per heavy atom. The van der Waals surface area contributed by atoms with Crippen LogP contribution in [0.15, 0.2) is 24.5 Å². The van der Waals surface area contributed by atoms with Gasteiger partial charge in [0, 0.05) is 28.9 Å². The summed E-state index contributed by atoms with van der Waals surface area (Å²) in [4.78, 5) is 4.13. The van der Waals surface area contributed by atoms with Gasteiger partial charge < -0.3 is 5.73 Å². The molecule has 0 aromatic carbocycles. The SMILES string of the molecule is CCC(C)(C)c1[nH]nc(N)c1-c1cccnc1. The molecular formula is C13H18N4. The zero-order valence-electron chi connectivity index (χ0n) is 10.5. The highest BCUT2D eigenvalue weighted by atomic mass is 15.2. The van der Waals surface area contributed by atoms with E-state index in [1.54, 1.807) is 6.20 Å². The van der Waals surface area contributed by atoms with Gasteiger partial charge in [-0.25, -0.2) is 0 Å². The van der Waals surface area contributed by atoms with Gasteiger partial charge >= 0.3 is 0 Å². The predicted octanol–water partition coefficient (Wildman–Crippen LogP) is 2.74. The number of hydrogen-bond donors (Lipinski definition) is 2. The third-order valence-electron chi connectivity index (χ3n) is 3.31. The van der Waals surface area contributed by atoms with Crippen LogP contribution in [0.3, 0.4) is 0 Å². The summed E-state index contributed by atoms with van der Waals surface area (Å²) in [6, 6.07) is 3.91. The van der Waals surface area contributed by atoms with E-state index in [9.17, 15) is 0 Å². The van der Waals surface area contributed by atoms with Crippen LogP contribution >= 0.6 is 0 Å². The molecule has 0 saturated carbocycles. The van der Waals surface area contributed by atoms with Gasteiger partial charge in [-0.1, -0.05) is 26.8 Å². The normalized spacial score (nSPS) is 11.7. The largest absolute Gasteiger partial charge is 0.382 e. The molecule has 2 aromatic rings. The minimum Gasteiger partial charge on any atom is -0.382 e. The summed E-state index contributed by atoms with van der Waals surface area (Å²) in [7, 11) is 0. The number of nitrogens with one attached hydrogen (secondary N) is 1. The molecule has 0 aliphatic heterocycles. The van der Waals surface area contributed by atoms with E-state index in [1.807, 2.05) is 18.3 Å². The quantitative estimate of drug-likeness (QED) is 0.852. The van der Waals surface area contributed by atoms with Gasteiger partial charge in [-0.3, -0.25) is 10.1 Å². The van der Waals surface area contributed by atoms with E-state index in [0.29, 0.717) is 5.82 Å². The van der Waals surface area contributed by atoms with Crippen molar-refractivity contribution in [2.24, 2.45) is 0 Å². The number of nitrogens with zero attached hydrogens (tertiary/aromatic N) is 2. The van der Waals surface area contributed by atoms with E-state index in [0.717, 1.165) is 23.2 Å². The Balaban J connectivity index is 2.59. The van der Waals surface area contributed by atoms with Crippen LogP contribution in [0, 0.1) is 0 Å². The maximum absolute atomic E-state index is 5.95. The summed E-state index contributed by atoms with van der Waals surface area (Å²) in [5.41, 5.74) is 9.04. The Labute approximate surface area is 101 Å². The Hall–Kier alpha value is -1.84. The van der Waals surface area contributed by atoms with Gasteiger partial charge in [0.15, 0.2) is 5.82 Å². The molecule has 17 heavy (non-hydrogen) atoms. The highest BCUT2D eigenvalue weighted by molar-refractivity contribution is 5.76. The average molecular weight is 230 g/mol. The highest BCUT2D eigenvalue weighted by Gasteiger charge is 2.26. The lowest BCUT2D eigenvalue weighted by Crippen LogP contribution is -2.17. The first kappa shape index (κ1) is 11.6. The number of aromatic amines is 1. The van der Waals surface area contributed by atoms with Gasteiger partial charge in [-0.2, -0.15) is 5.10 Å². The van der Waals surface area contributed by atoms with E-state index in [2.05, 4.69) is 36.0 Å². The number of aromatic nitrogens is 3. The number of hydrogen-bond acceptors (Lipinski definition) is 3. The molecule has 0 fully saturated rings. The zero-order valence-corrected chi connectivity index (χ0v) is 10.5. The second-order valence-corrected chi connectivity index (χ2v) is 4.84. The molecule has 0 bridgehead atoms. The van der Waals surface area contributed by atoms with Crippen molar-refractivity contribution in [2.45, 2.75) is 32.6 Å². The van der Waals surface area contributed by atoms with Crippen molar-refractivity contribution in [3.63, 3.8) is 0 Å². The van der Waals surface area contributed by atoms with Crippen molar-refractivity contribution in [1.82, 2.24) is 15.2 Å². The van der Waals surface area contributed by atoms with Gasteiger partial charge in [-0.15, -0.1) is 0 Å². The van der Waals surface area contributed by atoms with E-state index in [4.69, 9.17) is 5.73 Å². The lowest BCUT2D eigenvalue weighted by atomic mass is 9.83. The van der Waals surface area contributed by atoms with Crippen LogP contribution in [0.4, 0.5) is 5.82 Å². The van der Waals surface area contributed by atoms with Crippen LogP contribution in [-0.4, -0.2) is 15.2 Å². The molecule has 0 amide bonds. The monoisotopic (exact) mass is 230 g/mol. The molecule has 0 aliphatic carbocycles. The van der Waals surface area contributed by atoms with Crippen LogP contribution in [0.1, 0.15) is 32.9 Å². The summed E-state index contributed by atoms with van der Waals surface area (Å²) < 4.78 is 0. The van der Waals surface area contributed by atoms with E-state index in [-0.39, 0.29) is 5.41 Å². The highest BCUT2D eigenvalue weighted by Crippen LogP contribution is 2.36. The Morgan fingerprint density at radius 1 is 1.41 bits per heavy atom. The number of nitrogens with two attached hydrogens (primary N) is 1. The van der Waals surface area contributed by atoms with Crippen molar-refractivity contribution >= 4 is 5.82 Å². The molecule has 90 valence electrons. The number of H-pyrrole nitrogens is 1. The predicted molar refractivity (Wildman–Crippen MR) is 69.5 cm³/mol. The molecule has 2 rings (SSSR count). The molecule has 4 nitrogen and oxygen atoms in total. The Kier molecular flexibility index (Phi) is 2.88. The molecule has 2 aromatic heterocycles. The minimum absolute atomic E-state index is 0.0236. The average Bonchev–Trinajstić information content (AvgIpc) is 2.73. The molecule has 4 heteroatoms. The summed E-state index contributed by atoms with van der Waals surface area (Å²) in [6.07, 6.45) is 4.59. The fourth-order valence-electron chi connectivity index (χ4n) is 1.83. The molecule has 3 N–H and O–H groups in total. The maximum atomic E-state index is 5.95. The van der Waals surface area contributed by atoms with Gasteiger partial charge in [0.25, 0.3) is 0 Å². The number of rotatable bonds is 3. The first-order valence-corrected chi connectivity index (χ1v) is 5.81. The van der Waals surface area contributed by atoms with Crippen LogP contribution in [0.5, 0.6) is 0 Å². The summed E-state index contributed by atoms with van der Waals surface area (Å²) >= 11 is 0. The van der Waals surface area contributed by atoms with Gasteiger partial charge in [0.05, 0.1) is 5.69 Å². The van der Waals surface area contributed by atoms with Crippen LogP contribution in [-0.2, 0) is 5.41 Å². The second-order valence-electron chi connectivity index (χ2n) is 4.84. The van der Waals surface area contributed by atoms with Crippen molar-refractivity contribution < 1.29 is 0 Å². The van der Waals surface area contributed by atoms with Crippen LogP contribution in [0.2, 0.25) is 0 Å². The molecule has 0 saturated heterocycles. The third-order valence-corrected chi connectivity index (χ3v) is 3.31. The maximum Gasteiger partial charge on any atom is 0.153 e. The van der Waals surface area contributed by atoms with Crippen LogP contribution < -0.4 is 5.73 Å². The molecule has 0 unspecified atom stereocenters. The van der Waals surface area contributed by atoms with Gasteiger partial charge in [-0.05, 0) is 12.5 Å². The van der Waals surface area contributed by atoms with Gasteiger partial charge in [0.1, 0.15) is 0 Å². The first-order chi connectivity index (χ1) is 8.06. The van der Waals surface area contributed by atoms with Crippen molar-refractivity contribution in [1.29, 1.82) is 0 Å². The smallest absolute Gasteiger partial charge is 0.153 e. The first-order valence-electron chi connectivity index (χ1n) is 5.81. The molecule has 2 heterocycles. The minimum atomic E-state index is 0.0236. The molecule has 0 atom stereocenters. The topological polar surface area (TPSA) is 67.6 Å². The Bertz CT molecular complexity index is 499. The van der Waals surface area contributed by atoms with E-state index < -0.39 is 0 Å². The van der Waals surface area contributed by atoms with Crippen LogP contribution in [0.25, 0.3) is 11.1 Å². The van der Waals surface area contributed by atoms with Gasteiger partial charge in [0.2, 0.25) is 0 Å². The number of nitrogen functional groups attached to an aromatic ring is 1. The Morgan fingerprint density at radius 3 is 2.76 bits per heavy atom. The van der Waals surface area contributed by atoms with E-state index >= 15 is 0 Å². The molecular weight excluding hydrogens is 212 g/mol. The summed E-state index contributed by atoms with van der Waals surface area (Å²) in [5.74, 6) is 0.537. The van der Waals surface area contributed by atoms with E-state index in [1.165, 1.54) is 0 Å². The standard InChI is InChI=1S/C13H18N4/c1-4-13(2,3)11-10(12(14)17-16-11)9-6-5-7-15-8-9/h5-8H,4H2,1-3H3,(H3,14,16,17). The summed E-state index contributed by atoms with van der Waals surface area (Å²) in [6.45, 7) is 6.52.